The van der Waals surface area contributed by atoms with Crippen LogP contribution < -0.4 is 10.6 Å². The largest absolute Gasteiger partial charge is 0.444 e. The molecule has 2 rings (SSSR count). The number of aromatic nitrogens is 2. The van der Waals surface area contributed by atoms with Crippen LogP contribution in [0.15, 0.2) is 30.5 Å². The van der Waals surface area contributed by atoms with Crippen molar-refractivity contribution in [3.05, 3.63) is 47.5 Å². The summed E-state index contributed by atoms with van der Waals surface area (Å²) in [5.41, 5.74) is -0.229. The van der Waals surface area contributed by atoms with E-state index in [4.69, 9.17) is 4.74 Å². The minimum atomic E-state index is -0.736. The molecule has 2 aromatic rings. The van der Waals surface area contributed by atoms with Crippen LogP contribution in [0.3, 0.4) is 0 Å². The molecule has 0 aliphatic heterocycles. The van der Waals surface area contributed by atoms with Crippen molar-refractivity contribution in [1.29, 1.82) is 0 Å². The first kappa shape index (κ1) is 21.4. The molecule has 1 aromatic heterocycles. The van der Waals surface area contributed by atoms with Crippen LogP contribution in [0.5, 0.6) is 0 Å². The number of halogens is 1. The van der Waals surface area contributed by atoms with Gasteiger partial charge in [0.15, 0.2) is 0 Å². The molecule has 0 spiro atoms. The average molecular weight is 390 g/mol. The van der Waals surface area contributed by atoms with Gasteiger partial charge in [-0.2, -0.15) is 5.10 Å². The Kier molecular flexibility index (Phi) is 6.11. The van der Waals surface area contributed by atoms with Gasteiger partial charge in [0.2, 0.25) is 0 Å². The summed E-state index contributed by atoms with van der Waals surface area (Å²) >= 11 is 0. The first-order chi connectivity index (χ1) is 12.9. The van der Waals surface area contributed by atoms with E-state index in [1.807, 2.05) is 0 Å². The van der Waals surface area contributed by atoms with E-state index in [2.05, 4.69) is 15.7 Å². The zero-order chi connectivity index (χ0) is 21.1. The zero-order valence-corrected chi connectivity index (χ0v) is 17.1. The smallest absolute Gasteiger partial charge is 0.407 e. The molecule has 7 nitrogen and oxygen atoms in total. The summed E-state index contributed by atoms with van der Waals surface area (Å²) in [6.45, 7) is 10.7. The van der Waals surface area contributed by atoms with Crippen molar-refractivity contribution >= 4 is 12.0 Å². The fourth-order valence-electron chi connectivity index (χ4n) is 2.53. The predicted molar refractivity (Wildman–Crippen MR) is 104 cm³/mol. The Morgan fingerprint density at radius 3 is 2.43 bits per heavy atom. The van der Waals surface area contributed by atoms with Crippen LogP contribution in [0.1, 0.15) is 50.7 Å². The summed E-state index contributed by atoms with van der Waals surface area (Å²) in [7, 11) is 0. The molecule has 2 N–H and O–H groups in total. The molecule has 0 unspecified atom stereocenters. The molecule has 0 radical (unpaired) electrons. The Balaban J connectivity index is 2.06. The highest BCUT2D eigenvalue weighted by molar-refractivity contribution is 5.95. The molecule has 1 heterocycles. The molecule has 1 aromatic carbocycles. The summed E-state index contributed by atoms with van der Waals surface area (Å²) in [5.74, 6) is -0.793. The monoisotopic (exact) mass is 390 g/mol. The maximum Gasteiger partial charge on any atom is 0.407 e. The van der Waals surface area contributed by atoms with Crippen LogP contribution in [0.4, 0.5) is 9.18 Å². The van der Waals surface area contributed by atoms with Gasteiger partial charge >= 0.3 is 6.09 Å². The average Bonchev–Trinajstić information content (AvgIpc) is 2.93. The molecule has 0 aliphatic carbocycles. The second-order valence-electron chi connectivity index (χ2n) is 8.20. The van der Waals surface area contributed by atoms with Gasteiger partial charge in [0.1, 0.15) is 17.1 Å². The summed E-state index contributed by atoms with van der Waals surface area (Å²) in [5, 5.41) is 9.64. The van der Waals surface area contributed by atoms with E-state index < -0.39 is 23.1 Å². The number of nitrogens with zero attached hydrogens (tertiary/aromatic N) is 2. The number of benzene rings is 1. The number of para-hydroxylation sites is 1. The van der Waals surface area contributed by atoms with E-state index in [-0.39, 0.29) is 18.1 Å². The van der Waals surface area contributed by atoms with Gasteiger partial charge in [0.25, 0.3) is 5.91 Å². The number of nitrogens with one attached hydrogen (secondary N) is 2. The number of amides is 2. The van der Waals surface area contributed by atoms with E-state index in [0.29, 0.717) is 11.3 Å². The van der Waals surface area contributed by atoms with Crippen LogP contribution in [0.2, 0.25) is 0 Å². The molecule has 28 heavy (non-hydrogen) atoms. The summed E-state index contributed by atoms with van der Waals surface area (Å²) in [6, 6.07) is 6.21. The molecule has 152 valence electrons. The molecule has 0 bridgehead atoms. The number of alkyl carbamates (subject to hydrolysis) is 1. The molecular formula is C20H27FN4O3. The Bertz CT molecular complexity index is 869. The summed E-state index contributed by atoms with van der Waals surface area (Å²) in [4.78, 5) is 24.5. The quantitative estimate of drug-likeness (QED) is 0.820. The normalized spacial score (nSPS) is 11.8. The van der Waals surface area contributed by atoms with E-state index >= 15 is 0 Å². The van der Waals surface area contributed by atoms with Gasteiger partial charge in [-0.25, -0.2) is 13.9 Å². The summed E-state index contributed by atoms with van der Waals surface area (Å²) in [6.07, 6.45) is 0.840. The molecule has 0 fully saturated rings. The van der Waals surface area contributed by atoms with Gasteiger partial charge < -0.3 is 15.4 Å². The summed E-state index contributed by atoms with van der Waals surface area (Å²) < 4.78 is 20.6. The lowest BCUT2D eigenvalue weighted by Gasteiger charge is -2.27. The van der Waals surface area contributed by atoms with E-state index in [1.54, 1.807) is 59.7 Å². The Hall–Kier alpha value is -2.90. The van der Waals surface area contributed by atoms with Crippen LogP contribution >= 0.6 is 0 Å². The van der Waals surface area contributed by atoms with Gasteiger partial charge in [-0.15, -0.1) is 0 Å². The first-order valence-corrected chi connectivity index (χ1v) is 8.98. The van der Waals surface area contributed by atoms with Gasteiger partial charge in [0.05, 0.1) is 23.0 Å². The maximum atomic E-state index is 14.0. The van der Waals surface area contributed by atoms with E-state index in [9.17, 15) is 14.0 Å². The lowest BCUT2D eigenvalue weighted by atomic mass is 10.0. The number of ether oxygens (including phenoxy) is 1. The third-order valence-corrected chi connectivity index (χ3v) is 3.86. The number of carbonyl (C=O) groups excluding carboxylic acids is 2. The standard InChI is InChI=1S/C20H27FN4O3/c1-13-14(11-23-25(13)16-10-8-7-9-15(16)21)17(26)24-20(5,6)12-22-18(27)28-19(2,3)4/h7-11H,12H2,1-6H3,(H,22,27)(H,24,26). The number of hydrogen-bond acceptors (Lipinski definition) is 4. The third-order valence-electron chi connectivity index (χ3n) is 3.86. The number of rotatable bonds is 5. The minimum Gasteiger partial charge on any atom is -0.444 e. The fraction of sp³-hybridized carbons (Fsp3) is 0.450. The van der Waals surface area contributed by atoms with Crippen molar-refractivity contribution < 1.29 is 18.7 Å². The number of carbonyl (C=O) groups is 2. The Morgan fingerprint density at radius 1 is 1.18 bits per heavy atom. The second kappa shape index (κ2) is 8.00. The van der Waals surface area contributed by atoms with Crippen LogP contribution in [0, 0.1) is 12.7 Å². The van der Waals surface area contributed by atoms with Gasteiger partial charge in [-0.1, -0.05) is 12.1 Å². The molecular weight excluding hydrogens is 363 g/mol. The highest BCUT2D eigenvalue weighted by Crippen LogP contribution is 2.17. The highest BCUT2D eigenvalue weighted by Gasteiger charge is 2.26. The molecule has 0 atom stereocenters. The van der Waals surface area contributed by atoms with E-state index in [1.165, 1.54) is 16.9 Å². The first-order valence-electron chi connectivity index (χ1n) is 8.98. The molecule has 2 amide bonds. The van der Waals surface area contributed by atoms with Crippen molar-refractivity contribution in [2.24, 2.45) is 0 Å². The van der Waals surface area contributed by atoms with Crippen molar-refractivity contribution in [3.8, 4) is 5.69 Å². The van der Waals surface area contributed by atoms with Crippen LogP contribution in [-0.2, 0) is 4.74 Å². The Labute approximate surface area is 164 Å². The number of hydrogen-bond donors (Lipinski definition) is 2. The van der Waals surface area contributed by atoms with Crippen LogP contribution in [0.25, 0.3) is 5.69 Å². The molecule has 0 saturated heterocycles. The zero-order valence-electron chi connectivity index (χ0n) is 17.1. The topological polar surface area (TPSA) is 85.2 Å². The maximum absolute atomic E-state index is 14.0. The van der Waals surface area contributed by atoms with Crippen molar-refractivity contribution in [2.75, 3.05) is 6.54 Å². The lowest BCUT2D eigenvalue weighted by Crippen LogP contribution is -2.52. The Morgan fingerprint density at radius 2 is 1.82 bits per heavy atom. The predicted octanol–water partition coefficient (Wildman–Crippen LogP) is 3.35. The van der Waals surface area contributed by atoms with Crippen molar-refractivity contribution in [2.45, 2.75) is 52.7 Å². The van der Waals surface area contributed by atoms with E-state index in [0.717, 1.165) is 0 Å². The molecule has 8 heteroatoms. The highest BCUT2D eigenvalue weighted by atomic mass is 19.1. The lowest BCUT2D eigenvalue weighted by molar-refractivity contribution is 0.0509. The third kappa shape index (κ3) is 5.55. The second-order valence-corrected chi connectivity index (χ2v) is 8.20. The minimum absolute atomic E-state index is 0.175. The van der Waals surface area contributed by atoms with Gasteiger partial charge in [0, 0.05) is 6.54 Å². The SMILES string of the molecule is Cc1c(C(=O)NC(C)(C)CNC(=O)OC(C)(C)C)cnn1-c1ccccc1F. The van der Waals surface area contributed by atoms with Gasteiger partial charge in [-0.3, -0.25) is 4.79 Å². The molecule has 0 aliphatic rings. The van der Waals surface area contributed by atoms with Crippen molar-refractivity contribution in [1.82, 2.24) is 20.4 Å². The fourth-order valence-corrected chi connectivity index (χ4v) is 2.53. The van der Waals surface area contributed by atoms with Gasteiger partial charge in [-0.05, 0) is 53.7 Å². The van der Waals surface area contributed by atoms with Crippen LogP contribution in [-0.4, -0.2) is 39.5 Å². The molecule has 0 saturated carbocycles. The van der Waals surface area contributed by atoms with Crippen molar-refractivity contribution in [3.63, 3.8) is 0 Å².